The number of sulfonamides is 1. The summed E-state index contributed by atoms with van der Waals surface area (Å²) in [5.74, 6) is -0.153. The van der Waals surface area contributed by atoms with Gasteiger partial charge in [-0.15, -0.1) is 0 Å². The van der Waals surface area contributed by atoms with Gasteiger partial charge in [-0.1, -0.05) is 17.7 Å². The molecule has 1 heterocycles. The molecule has 0 fully saturated rings. The van der Waals surface area contributed by atoms with Crippen LogP contribution in [0.1, 0.15) is 22.3 Å². The highest BCUT2D eigenvalue weighted by atomic mass is 32.2. The molecule has 0 unspecified atom stereocenters. The maximum absolute atomic E-state index is 12.4. The van der Waals surface area contributed by atoms with E-state index in [4.69, 9.17) is 9.47 Å². The molecule has 29 heavy (non-hydrogen) atoms. The molecule has 154 valence electrons. The Morgan fingerprint density at radius 3 is 2.38 bits per heavy atom. The SMILES string of the molecule is Cc1ccc(C(=O)NNC(=O)CCNS(=O)(=O)c2ccc3c(c2)OCCO3)cc1. The van der Waals surface area contributed by atoms with Gasteiger partial charge in [0.2, 0.25) is 15.9 Å². The molecule has 9 nitrogen and oxygen atoms in total. The lowest BCUT2D eigenvalue weighted by atomic mass is 10.1. The molecule has 0 radical (unpaired) electrons. The van der Waals surface area contributed by atoms with Gasteiger partial charge in [0.05, 0.1) is 4.90 Å². The first-order chi connectivity index (χ1) is 13.8. The van der Waals surface area contributed by atoms with Crippen molar-refractivity contribution in [3.05, 3.63) is 53.6 Å². The number of hydrogen-bond donors (Lipinski definition) is 3. The largest absolute Gasteiger partial charge is 0.486 e. The predicted octanol–water partition coefficient (Wildman–Crippen LogP) is 0.896. The second kappa shape index (κ2) is 8.93. The fraction of sp³-hybridized carbons (Fsp3) is 0.263. The van der Waals surface area contributed by atoms with Crippen LogP contribution in [0, 0.1) is 6.92 Å². The first-order valence-corrected chi connectivity index (χ1v) is 10.4. The van der Waals surface area contributed by atoms with Gasteiger partial charge in [0.15, 0.2) is 11.5 Å². The summed E-state index contributed by atoms with van der Waals surface area (Å²) in [6.45, 7) is 2.52. The molecule has 2 aromatic carbocycles. The Morgan fingerprint density at radius 1 is 0.966 bits per heavy atom. The van der Waals surface area contributed by atoms with E-state index in [1.807, 2.05) is 6.92 Å². The minimum Gasteiger partial charge on any atom is -0.486 e. The smallest absolute Gasteiger partial charge is 0.269 e. The molecule has 1 aliphatic heterocycles. The van der Waals surface area contributed by atoms with Crippen LogP contribution in [-0.4, -0.2) is 40.0 Å². The van der Waals surface area contributed by atoms with Gasteiger partial charge in [0, 0.05) is 24.6 Å². The van der Waals surface area contributed by atoms with Crippen LogP contribution in [-0.2, 0) is 14.8 Å². The highest BCUT2D eigenvalue weighted by Gasteiger charge is 2.19. The molecular formula is C19H21N3O6S. The van der Waals surface area contributed by atoms with E-state index in [2.05, 4.69) is 15.6 Å². The lowest BCUT2D eigenvalue weighted by Crippen LogP contribution is -2.42. The third kappa shape index (κ3) is 5.46. The molecule has 0 aliphatic carbocycles. The zero-order chi connectivity index (χ0) is 20.9. The monoisotopic (exact) mass is 419 g/mol. The quantitative estimate of drug-likeness (QED) is 0.598. The standard InChI is InChI=1S/C19H21N3O6S/c1-13-2-4-14(5-3-13)19(24)22-21-18(23)8-9-20-29(25,26)15-6-7-16-17(12-15)28-11-10-27-16/h2-7,12,20H,8-11H2,1H3,(H,21,23)(H,22,24). The summed E-state index contributed by atoms with van der Waals surface area (Å²) in [6, 6.07) is 11.1. The number of hydrazine groups is 1. The third-order valence-corrected chi connectivity index (χ3v) is 5.56. The number of ether oxygens (including phenoxy) is 2. The predicted molar refractivity (Wildman–Crippen MR) is 104 cm³/mol. The van der Waals surface area contributed by atoms with Gasteiger partial charge in [0.25, 0.3) is 5.91 Å². The molecular weight excluding hydrogens is 398 g/mol. The zero-order valence-electron chi connectivity index (χ0n) is 15.7. The molecule has 3 N–H and O–H groups in total. The van der Waals surface area contributed by atoms with Gasteiger partial charge in [-0.05, 0) is 31.2 Å². The van der Waals surface area contributed by atoms with Crippen molar-refractivity contribution in [1.82, 2.24) is 15.6 Å². The van der Waals surface area contributed by atoms with Crippen LogP contribution in [0.15, 0.2) is 47.4 Å². The Bertz CT molecular complexity index is 1010. The van der Waals surface area contributed by atoms with Crippen molar-refractivity contribution in [1.29, 1.82) is 0 Å². The van der Waals surface area contributed by atoms with Crippen LogP contribution in [0.25, 0.3) is 0 Å². The number of fused-ring (bicyclic) bond motifs is 1. The van der Waals surface area contributed by atoms with E-state index in [0.29, 0.717) is 30.3 Å². The number of aryl methyl sites for hydroxylation is 1. The van der Waals surface area contributed by atoms with Crippen molar-refractivity contribution < 1.29 is 27.5 Å². The second-order valence-electron chi connectivity index (χ2n) is 6.32. The number of carbonyl (C=O) groups excluding carboxylic acids is 2. The molecule has 10 heteroatoms. The summed E-state index contributed by atoms with van der Waals surface area (Å²) in [4.78, 5) is 23.8. The minimum atomic E-state index is -3.82. The Hall–Kier alpha value is -3.11. The summed E-state index contributed by atoms with van der Waals surface area (Å²) < 4.78 is 37.8. The molecule has 0 bridgehead atoms. The zero-order valence-corrected chi connectivity index (χ0v) is 16.5. The Labute approximate surface area is 168 Å². The highest BCUT2D eigenvalue weighted by Crippen LogP contribution is 2.32. The third-order valence-electron chi connectivity index (χ3n) is 4.10. The average Bonchev–Trinajstić information content (AvgIpc) is 2.72. The molecule has 1 aliphatic rings. The van der Waals surface area contributed by atoms with Crippen molar-refractivity contribution in [2.24, 2.45) is 0 Å². The van der Waals surface area contributed by atoms with E-state index in [1.54, 1.807) is 24.3 Å². The van der Waals surface area contributed by atoms with Gasteiger partial charge >= 0.3 is 0 Å². The van der Waals surface area contributed by atoms with E-state index >= 15 is 0 Å². The van der Waals surface area contributed by atoms with Crippen molar-refractivity contribution >= 4 is 21.8 Å². The van der Waals surface area contributed by atoms with E-state index in [0.717, 1.165) is 5.56 Å². The average molecular weight is 419 g/mol. The van der Waals surface area contributed by atoms with Crippen molar-refractivity contribution in [3.8, 4) is 11.5 Å². The van der Waals surface area contributed by atoms with Crippen molar-refractivity contribution in [3.63, 3.8) is 0 Å². The van der Waals surface area contributed by atoms with E-state index < -0.39 is 21.8 Å². The second-order valence-corrected chi connectivity index (χ2v) is 8.09. The number of benzene rings is 2. The van der Waals surface area contributed by atoms with Gasteiger partial charge in [0.1, 0.15) is 13.2 Å². The summed E-state index contributed by atoms with van der Waals surface area (Å²) in [6.07, 6.45) is -0.155. The first-order valence-electron chi connectivity index (χ1n) is 8.90. The Morgan fingerprint density at radius 2 is 1.66 bits per heavy atom. The maximum Gasteiger partial charge on any atom is 0.269 e. The van der Waals surface area contributed by atoms with E-state index in [1.165, 1.54) is 18.2 Å². The Kier molecular flexibility index (Phi) is 6.35. The number of amides is 2. The van der Waals surface area contributed by atoms with Crippen LogP contribution in [0.5, 0.6) is 11.5 Å². The fourth-order valence-corrected chi connectivity index (χ4v) is 3.59. The molecule has 0 atom stereocenters. The fourth-order valence-electron chi connectivity index (χ4n) is 2.54. The normalized spacial score (nSPS) is 12.9. The van der Waals surface area contributed by atoms with Crippen LogP contribution >= 0.6 is 0 Å². The highest BCUT2D eigenvalue weighted by molar-refractivity contribution is 7.89. The lowest BCUT2D eigenvalue weighted by molar-refractivity contribution is -0.121. The van der Waals surface area contributed by atoms with Gasteiger partial charge in [-0.25, -0.2) is 13.1 Å². The van der Waals surface area contributed by atoms with Crippen LogP contribution < -0.4 is 25.0 Å². The number of hydrogen-bond acceptors (Lipinski definition) is 6. The maximum atomic E-state index is 12.4. The van der Waals surface area contributed by atoms with Crippen LogP contribution in [0.4, 0.5) is 0 Å². The van der Waals surface area contributed by atoms with Crippen LogP contribution in [0.2, 0.25) is 0 Å². The van der Waals surface area contributed by atoms with Crippen molar-refractivity contribution in [2.75, 3.05) is 19.8 Å². The van der Waals surface area contributed by atoms with Gasteiger partial charge in [-0.2, -0.15) is 0 Å². The summed E-state index contributed by atoms with van der Waals surface area (Å²) in [5, 5.41) is 0. The number of nitrogens with one attached hydrogen (secondary N) is 3. The lowest BCUT2D eigenvalue weighted by Gasteiger charge is -2.18. The van der Waals surface area contributed by atoms with Crippen LogP contribution in [0.3, 0.4) is 0 Å². The molecule has 0 spiro atoms. The molecule has 2 aromatic rings. The van der Waals surface area contributed by atoms with Crippen molar-refractivity contribution in [2.45, 2.75) is 18.2 Å². The first kappa shape index (κ1) is 20.6. The number of rotatable bonds is 6. The summed E-state index contributed by atoms with van der Waals surface area (Å²) >= 11 is 0. The summed E-state index contributed by atoms with van der Waals surface area (Å²) in [7, 11) is -3.82. The number of carbonyl (C=O) groups is 2. The molecule has 0 aromatic heterocycles. The minimum absolute atomic E-state index is 0.00910. The topological polar surface area (TPSA) is 123 Å². The van der Waals surface area contributed by atoms with E-state index in [9.17, 15) is 18.0 Å². The van der Waals surface area contributed by atoms with E-state index in [-0.39, 0.29) is 17.9 Å². The molecule has 2 amide bonds. The molecule has 0 saturated heterocycles. The molecule has 0 saturated carbocycles. The summed E-state index contributed by atoms with van der Waals surface area (Å²) in [5.41, 5.74) is 5.95. The van der Waals surface area contributed by atoms with Gasteiger partial charge < -0.3 is 9.47 Å². The molecule has 3 rings (SSSR count). The Balaban J connectivity index is 1.46. The van der Waals surface area contributed by atoms with Gasteiger partial charge in [-0.3, -0.25) is 20.4 Å².